The normalized spacial score (nSPS) is 11.9. The van der Waals surface area contributed by atoms with E-state index in [-0.39, 0.29) is 30.6 Å². The molecule has 0 saturated carbocycles. The van der Waals surface area contributed by atoms with Crippen LogP contribution in [0.25, 0.3) is 0 Å². The van der Waals surface area contributed by atoms with E-state index in [1.807, 2.05) is 6.92 Å². The summed E-state index contributed by atoms with van der Waals surface area (Å²) in [7, 11) is 0. The van der Waals surface area contributed by atoms with E-state index in [9.17, 15) is 19.5 Å². The molecule has 1 atom stereocenters. The average molecular weight is 628 g/mol. The quantitative estimate of drug-likeness (QED) is 0.0440. The summed E-state index contributed by atoms with van der Waals surface area (Å²) < 4.78 is 15.8. The largest absolute Gasteiger partial charge is 0.466 e. The van der Waals surface area contributed by atoms with Crippen LogP contribution in [-0.2, 0) is 28.6 Å². The maximum absolute atomic E-state index is 12.1. The Morgan fingerprint density at radius 1 is 0.591 bits per heavy atom. The van der Waals surface area contributed by atoms with Crippen LogP contribution >= 0.6 is 0 Å². The zero-order valence-electron chi connectivity index (χ0n) is 28.9. The summed E-state index contributed by atoms with van der Waals surface area (Å²) >= 11 is 0. The SMILES string of the molecule is CCCCCCCCCOC(=O)CCCCCCCN(CCO)CCCCCCCC(=O)OC(C)CCCCCOC(C)=O. The van der Waals surface area contributed by atoms with E-state index in [4.69, 9.17) is 14.2 Å². The van der Waals surface area contributed by atoms with Gasteiger partial charge in [-0.05, 0) is 77.8 Å². The Hall–Kier alpha value is -1.67. The van der Waals surface area contributed by atoms with Crippen LogP contribution in [-0.4, -0.2) is 73.5 Å². The van der Waals surface area contributed by atoms with Crippen molar-refractivity contribution in [1.29, 1.82) is 0 Å². The van der Waals surface area contributed by atoms with Gasteiger partial charge in [0.15, 0.2) is 0 Å². The molecular weight excluding hydrogens is 558 g/mol. The second kappa shape index (κ2) is 32.7. The number of ether oxygens (including phenoxy) is 3. The zero-order chi connectivity index (χ0) is 32.5. The summed E-state index contributed by atoms with van der Waals surface area (Å²) in [6.07, 6.45) is 23.8. The highest BCUT2D eigenvalue weighted by Crippen LogP contribution is 2.12. The minimum Gasteiger partial charge on any atom is -0.466 e. The van der Waals surface area contributed by atoms with Crippen LogP contribution in [0.5, 0.6) is 0 Å². The van der Waals surface area contributed by atoms with Gasteiger partial charge < -0.3 is 24.2 Å². The Morgan fingerprint density at radius 2 is 1.07 bits per heavy atom. The van der Waals surface area contributed by atoms with E-state index in [1.54, 1.807) is 0 Å². The van der Waals surface area contributed by atoms with Crippen molar-refractivity contribution >= 4 is 17.9 Å². The van der Waals surface area contributed by atoms with E-state index in [0.717, 1.165) is 122 Å². The first-order valence-electron chi connectivity index (χ1n) is 18.2. The molecule has 0 aromatic carbocycles. The van der Waals surface area contributed by atoms with Crippen molar-refractivity contribution in [3.8, 4) is 0 Å². The van der Waals surface area contributed by atoms with Gasteiger partial charge in [0.1, 0.15) is 0 Å². The van der Waals surface area contributed by atoms with E-state index in [2.05, 4.69) is 11.8 Å². The number of carbonyl (C=O) groups is 3. The fourth-order valence-corrected chi connectivity index (χ4v) is 5.33. The van der Waals surface area contributed by atoms with Crippen LogP contribution in [0.2, 0.25) is 0 Å². The molecule has 0 radical (unpaired) electrons. The molecule has 0 heterocycles. The molecule has 0 aliphatic heterocycles. The molecule has 0 amide bonds. The van der Waals surface area contributed by atoms with Crippen molar-refractivity contribution in [1.82, 2.24) is 4.90 Å². The maximum atomic E-state index is 12.1. The van der Waals surface area contributed by atoms with Crippen molar-refractivity contribution < 1.29 is 33.7 Å². The highest BCUT2D eigenvalue weighted by molar-refractivity contribution is 5.69. The molecule has 0 rings (SSSR count). The molecule has 0 bridgehead atoms. The fraction of sp³-hybridized carbons (Fsp3) is 0.917. The van der Waals surface area contributed by atoms with Crippen molar-refractivity contribution in [2.75, 3.05) is 39.5 Å². The Kier molecular flexibility index (Phi) is 31.5. The topological polar surface area (TPSA) is 102 Å². The summed E-state index contributed by atoms with van der Waals surface area (Å²) in [5.74, 6) is -0.391. The summed E-state index contributed by atoms with van der Waals surface area (Å²) in [4.78, 5) is 37.1. The number of hydrogen-bond acceptors (Lipinski definition) is 8. The summed E-state index contributed by atoms with van der Waals surface area (Å²) in [5.41, 5.74) is 0. The number of carbonyl (C=O) groups excluding carboxylic acids is 3. The Morgan fingerprint density at radius 3 is 1.64 bits per heavy atom. The smallest absolute Gasteiger partial charge is 0.306 e. The van der Waals surface area contributed by atoms with Crippen molar-refractivity contribution in [3.05, 3.63) is 0 Å². The molecule has 1 N–H and O–H groups in total. The number of esters is 3. The van der Waals surface area contributed by atoms with Crippen molar-refractivity contribution in [2.45, 2.75) is 175 Å². The second-order valence-corrected chi connectivity index (χ2v) is 12.4. The van der Waals surface area contributed by atoms with Gasteiger partial charge in [-0.2, -0.15) is 0 Å². The van der Waals surface area contributed by atoms with Gasteiger partial charge >= 0.3 is 17.9 Å². The molecule has 0 fully saturated rings. The predicted molar refractivity (Wildman–Crippen MR) is 179 cm³/mol. The van der Waals surface area contributed by atoms with Gasteiger partial charge in [0.05, 0.1) is 25.9 Å². The van der Waals surface area contributed by atoms with E-state index < -0.39 is 0 Å². The molecule has 8 heteroatoms. The number of aliphatic hydroxyl groups excluding tert-OH is 1. The third-order valence-electron chi connectivity index (χ3n) is 8.03. The minimum absolute atomic E-state index is 0.0446. The summed E-state index contributed by atoms with van der Waals surface area (Å²) in [5, 5.41) is 9.44. The number of aliphatic hydroxyl groups is 1. The van der Waals surface area contributed by atoms with Crippen LogP contribution in [0.4, 0.5) is 0 Å². The van der Waals surface area contributed by atoms with Crippen LogP contribution in [0.15, 0.2) is 0 Å². The van der Waals surface area contributed by atoms with Gasteiger partial charge in [-0.15, -0.1) is 0 Å². The lowest BCUT2D eigenvalue weighted by atomic mass is 10.1. The Bertz CT molecular complexity index is 673. The second-order valence-electron chi connectivity index (χ2n) is 12.4. The van der Waals surface area contributed by atoms with E-state index in [1.165, 1.54) is 39.0 Å². The van der Waals surface area contributed by atoms with Crippen LogP contribution in [0.1, 0.15) is 168 Å². The molecular formula is C36H69NO7. The van der Waals surface area contributed by atoms with Gasteiger partial charge in [-0.3, -0.25) is 14.4 Å². The van der Waals surface area contributed by atoms with Crippen LogP contribution < -0.4 is 0 Å². The molecule has 0 aromatic heterocycles. The lowest BCUT2D eigenvalue weighted by molar-refractivity contribution is -0.149. The van der Waals surface area contributed by atoms with Gasteiger partial charge in [0.25, 0.3) is 0 Å². The number of unbranched alkanes of at least 4 members (excludes halogenated alkanes) is 16. The van der Waals surface area contributed by atoms with Gasteiger partial charge in [-0.25, -0.2) is 0 Å². The third-order valence-corrected chi connectivity index (χ3v) is 8.03. The van der Waals surface area contributed by atoms with Gasteiger partial charge in [-0.1, -0.05) is 84.0 Å². The molecule has 0 saturated heterocycles. The average Bonchev–Trinajstić information content (AvgIpc) is 2.98. The van der Waals surface area contributed by atoms with E-state index >= 15 is 0 Å². The summed E-state index contributed by atoms with van der Waals surface area (Å²) in [6.45, 7) is 9.56. The van der Waals surface area contributed by atoms with Crippen LogP contribution in [0, 0.1) is 0 Å². The highest BCUT2D eigenvalue weighted by Gasteiger charge is 2.10. The monoisotopic (exact) mass is 628 g/mol. The number of hydrogen-bond donors (Lipinski definition) is 1. The predicted octanol–water partition coefficient (Wildman–Crippen LogP) is 8.31. The molecule has 1 unspecified atom stereocenters. The molecule has 0 aromatic rings. The zero-order valence-corrected chi connectivity index (χ0v) is 28.9. The number of nitrogens with zero attached hydrogens (tertiary/aromatic N) is 1. The van der Waals surface area contributed by atoms with Gasteiger partial charge in [0.2, 0.25) is 0 Å². The minimum atomic E-state index is -0.240. The first kappa shape index (κ1) is 42.3. The molecule has 0 spiro atoms. The van der Waals surface area contributed by atoms with E-state index in [0.29, 0.717) is 26.1 Å². The lowest BCUT2D eigenvalue weighted by Gasteiger charge is -2.21. The lowest BCUT2D eigenvalue weighted by Crippen LogP contribution is -2.29. The molecule has 0 aliphatic rings. The molecule has 0 aliphatic carbocycles. The Balaban J connectivity index is 3.63. The fourth-order valence-electron chi connectivity index (χ4n) is 5.33. The highest BCUT2D eigenvalue weighted by atomic mass is 16.5. The number of rotatable bonds is 33. The molecule has 44 heavy (non-hydrogen) atoms. The van der Waals surface area contributed by atoms with Crippen molar-refractivity contribution in [3.63, 3.8) is 0 Å². The maximum Gasteiger partial charge on any atom is 0.306 e. The molecule has 8 nitrogen and oxygen atoms in total. The van der Waals surface area contributed by atoms with Gasteiger partial charge in [0, 0.05) is 26.3 Å². The first-order chi connectivity index (χ1) is 21.4. The molecule has 260 valence electrons. The Labute approximate surface area is 270 Å². The summed E-state index contributed by atoms with van der Waals surface area (Å²) in [6, 6.07) is 0. The first-order valence-corrected chi connectivity index (χ1v) is 18.2. The standard InChI is InChI=1S/C36H69NO7/c1-4-5-6-7-8-15-22-32-43-35(40)25-18-11-9-13-20-27-37(29-30-38)28-21-14-10-12-19-26-36(41)44-33(2)24-17-16-23-31-42-34(3)39/h33,38H,4-32H2,1-3H3. The van der Waals surface area contributed by atoms with Crippen LogP contribution in [0.3, 0.4) is 0 Å². The third kappa shape index (κ3) is 31.7. The van der Waals surface area contributed by atoms with Crippen molar-refractivity contribution in [2.24, 2.45) is 0 Å².